The monoisotopic (exact) mass is 557 g/mol. The quantitative estimate of drug-likeness (QED) is 0.319. The van der Waals surface area contributed by atoms with Crippen molar-refractivity contribution in [2.45, 2.75) is 8.65 Å². The SMILES string of the molecule is O=C1[C@H]2[C@H](C(=O)N1c1cc(Cl)ccc1O)C1(Br)c3ccccc3C2(Br)c2ccccc21. The van der Waals surface area contributed by atoms with E-state index in [2.05, 4.69) is 31.9 Å². The van der Waals surface area contributed by atoms with Crippen molar-refractivity contribution in [1.82, 2.24) is 0 Å². The molecule has 3 aliphatic carbocycles. The molecule has 2 bridgehead atoms. The molecular formula is C24H14Br2ClNO3. The lowest BCUT2D eigenvalue weighted by Crippen LogP contribution is -2.56. The number of aromatic hydroxyl groups is 1. The molecule has 0 unspecified atom stereocenters. The molecule has 3 aromatic rings. The molecule has 1 N–H and O–H groups in total. The maximum absolute atomic E-state index is 13.9. The molecule has 1 aliphatic heterocycles. The number of rotatable bonds is 1. The van der Waals surface area contributed by atoms with Gasteiger partial charge in [0.1, 0.15) is 5.75 Å². The molecule has 1 heterocycles. The van der Waals surface area contributed by atoms with Crippen LogP contribution in [0, 0.1) is 11.8 Å². The van der Waals surface area contributed by atoms with Crippen molar-refractivity contribution in [3.8, 4) is 5.75 Å². The zero-order valence-corrected chi connectivity index (χ0v) is 19.8. The molecular weight excluding hydrogens is 546 g/mol. The molecule has 2 amide bonds. The third-order valence-electron chi connectivity index (χ3n) is 6.76. The average Bonchev–Trinajstić information content (AvgIpc) is 3.05. The molecule has 4 aliphatic rings. The van der Waals surface area contributed by atoms with Crippen molar-refractivity contribution in [2.75, 3.05) is 4.90 Å². The summed E-state index contributed by atoms with van der Waals surface area (Å²) in [5.41, 5.74) is 3.96. The van der Waals surface area contributed by atoms with E-state index in [1.54, 1.807) is 0 Å². The van der Waals surface area contributed by atoms with Gasteiger partial charge in [0.25, 0.3) is 0 Å². The number of anilines is 1. The summed E-state index contributed by atoms with van der Waals surface area (Å²) < 4.78 is -1.73. The fourth-order valence-electron chi connectivity index (χ4n) is 5.58. The number of imide groups is 1. The highest BCUT2D eigenvalue weighted by Crippen LogP contribution is 2.71. The summed E-state index contributed by atoms with van der Waals surface area (Å²) in [5.74, 6) is -2.28. The van der Waals surface area contributed by atoms with Crippen molar-refractivity contribution in [2.24, 2.45) is 11.8 Å². The summed E-state index contributed by atoms with van der Waals surface area (Å²) in [4.78, 5) is 28.8. The first-order valence-corrected chi connectivity index (χ1v) is 11.7. The van der Waals surface area contributed by atoms with Crippen LogP contribution < -0.4 is 4.90 Å². The van der Waals surface area contributed by atoms with E-state index in [-0.39, 0.29) is 23.3 Å². The maximum atomic E-state index is 13.9. The molecule has 1 saturated heterocycles. The maximum Gasteiger partial charge on any atom is 0.240 e. The molecule has 0 radical (unpaired) electrons. The van der Waals surface area contributed by atoms with Crippen LogP contribution >= 0.6 is 43.5 Å². The van der Waals surface area contributed by atoms with Gasteiger partial charge < -0.3 is 5.11 Å². The van der Waals surface area contributed by atoms with Gasteiger partial charge in [-0.1, -0.05) is 92.0 Å². The Morgan fingerprint density at radius 1 is 0.774 bits per heavy atom. The molecule has 154 valence electrons. The van der Waals surface area contributed by atoms with E-state index in [4.69, 9.17) is 11.6 Å². The molecule has 0 saturated carbocycles. The Kier molecular flexibility index (Phi) is 3.91. The summed E-state index contributed by atoms with van der Waals surface area (Å²) in [7, 11) is 0. The van der Waals surface area contributed by atoms with Crippen LogP contribution in [0.4, 0.5) is 5.69 Å². The van der Waals surface area contributed by atoms with Crippen LogP contribution in [0.25, 0.3) is 0 Å². The summed E-state index contributed by atoms with van der Waals surface area (Å²) in [6.07, 6.45) is 0. The molecule has 31 heavy (non-hydrogen) atoms. The van der Waals surface area contributed by atoms with E-state index in [1.165, 1.54) is 18.2 Å². The number of hydrogen-bond acceptors (Lipinski definition) is 3. The Labute approximate surface area is 200 Å². The Balaban J connectivity index is 1.67. The lowest BCUT2D eigenvalue weighted by Gasteiger charge is -2.55. The molecule has 2 atom stereocenters. The fourth-order valence-corrected chi connectivity index (χ4v) is 8.05. The van der Waals surface area contributed by atoms with Gasteiger partial charge in [0.2, 0.25) is 11.8 Å². The first-order chi connectivity index (χ1) is 14.8. The smallest absolute Gasteiger partial charge is 0.240 e. The largest absolute Gasteiger partial charge is 0.506 e. The second-order valence-electron chi connectivity index (χ2n) is 8.11. The molecule has 7 heteroatoms. The normalized spacial score (nSPS) is 30.2. The summed E-state index contributed by atoms with van der Waals surface area (Å²) in [5, 5.41) is 10.8. The predicted octanol–water partition coefficient (Wildman–Crippen LogP) is 5.46. The van der Waals surface area contributed by atoms with Crippen LogP contribution in [0.15, 0.2) is 66.7 Å². The number of carbonyl (C=O) groups is 2. The number of alkyl halides is 2. The standard InChI is InChI=1S/C24H14Br2ClNO3/c25-23-13-5-1-2-6-14(13)24(26,16-8-4-3-7-15(16)23)20-19(23)21(30)28(22(20)31)17-11-12(27)9-10-18(17)29/h1-11,19-20,29H/t19-,20-,23?,24?/m1/s1. The van der Waals surface area contributed by atoms with Crippen LogP contribution in [-0.2, 0) is 18.2 Å². The van der Waals surface area contributed by atoms with Gasteiger partial charge in [-0.3, -0.25) is 9.59 Å². The highest BCUT2D eigenvalue weighted by molar-refractivity contribution is 9.10. The van der Waals surface area contributed by atoms with Gasteiger partial charge in [-0.05, 0) is 40.5 Å². The number of halogens is 3. The minimum absolute atomic E-state index is 0.108. The molecule has 0 spiro atoms. The minimum atomic E-state index is -0.865. The fraction of sp³-hybridized carbons (Fsp3) is 0.167. The Morgan fingerprint density at radius 3 is 1.61 bits per heavy atom. The highest BCUT2D eigenvalue weighted by Gasteiger charge is 2.72. The van der Waals surface area contributed by atoms with Gasteiger partial charge in [-0.25, -0.2) is 4.90 Å². The number of phenols is 1. The third kappa shape index (κ3) is 2.16. The van der Waals surface area contributed by atoms with Crippen molar-refractivity contribution >= 4 is 61.0 Å². The van der Waals surface area contributed by atoms with Crippen LogP contribution in [0.5, 0.6) is 5.75 Å². The molecule has 4 nitrogen and oxygen atoms in total. The minimum Gasteiger partial charge on any atom is -0.506 e. The number of hydrogen-bond donors (Lipinski definition) is 1. The molecule has 0 aromatic heterocycles. The lowest BCUT2D eigenvalue weighted by molar-refractivity contribution is -0.122. The predicted molar refractivity (Wildman–Crippen MR) is 125 cm³/mol. The number of phenolic OH excluding ortho intramolecular Hbond substituents is 1. The van der Waals surface area contributed by atoms with Gasteiger partial charge in [-0.2, -0.15) is 0 Å². The molecule has 3 aromatic carbocycles. The van der Waals surface area contributed by atoms with Crippen molar-refractivity contribution in [3.63, 3.8) is 0 Å². The average molecular weight is 560 g/mol. The second kappa shape index (κ2) is 6.21. The van der Waals surface area contributed by atoms with E-state index in [0.29, 0.717) is 5.02 Å². The zero-order valence-electron chi connectivity index (χ0n) is 15.9. The van der Waals surface area contributed by atoms with E-state index in [1.807, 2.05) is 48.5 Å². The Morgan fingerprint density at radius 2 is 1.19 bits per heavy atom. The number of carbonyl (C=O) groups excluding carboxylic acids is 2. The van der Waals surface area contributed by atoms with Crippen LogP contribution in [0.1, 0.15) is 22.3 Å². The van der Waals surface area contributed by atoms with E-state index < -0.39 is 20.5 Å². The van der Waals surface area contributed by atoms with Crippen molar-refractivity contribution in [3.05, 3.63) is 94.0 Å². The van der Waals surface area contributed by atoms with Crippen molar-refractivity contribution < 1.29 is 14.7 Å². The van der Waals surface area contributed by atoms with Gasteiger partial charge in [0, 0.05) is 5.02 Å². The second-order valence-corrected chi connectivity index (χ2v) is 11.1. The topological polar surface area (TPSA) is 57.6 Å². The van der Waals surface area contributed by atoms with E-state index in [0.717, 1.165) is 27.2 Å². The van der Waals surface area contributed by atoms with Crippen LogP contribution in [0.2, 0.25) is 5.02 Å². The van der Waals surface area contributed by atoms with Crippen LogP contribution in [0.3, 0.4) is 0 Å². The van der Waals surface area contributed by atoms with Crippen LogP contribution in [-0.4, -0.2) is 16.9 Å². The number of benzene rings is 3. The summed E-state index contributed by atoms with van der Waals surface area (Å²) >= 11 is 14.0. The van der Waals surface area contributed by atoms with E-state index >= 15 is 0 Å². The highest BCUT2D eigenvalue weighted by atomic mass is 79.9. The first kappa shape index (κ1) is 19.5. The van der Waals surface area contributed by atoms with Gasteiger partial charge in [0.15, 0.2) is 0 Å². The Bertz CT molecular complexity index is 1200. The van der Waals surface area contributed by atoms with Crippen molar-refractivity contribution in [1.29, 1.82) is 0 Å². The Hall–Kier alpha value is -2.15. The molecule has 1 fully saturated rings. The third-order valence-corrected chi connectivity index (χ3v) is 9.69. The number of nitrogens with zero attached hydrogens (tertiary/aromatic N) is 1. The summed E-state index contributed by atoms with van der Waals surface area (Å²) in [6, 6.07) is 20.2. The van der Waals surface area contributed by atoms with Gasteiger partial charge >= 0.3 is 0 Å². The number of amides is 2. The van der Waals surface area contributed by atoms with Gasteiger partial charge in [-0.15, -0.1) is 0 Å². The summed E-state index contributed by atoms with van der Waals surface area (Å²) in [6.45, 7) is 0. The molecule has 7 rings (SSSR count). The van der Waals surface area contributed by atoms with E-state index in [9.17, 15) is 14.7 Å². The zero-order chi connectivity index (χ0) is 21.7. The lowest BCUT2D eigenvalue weighted by atomic mass is 9.54. The van der Waals surface area contributed by atoms with Gasteiger partial charge in [0.05, 0.1) is 26.2 Å². The first-order valence-electron chi connectivity index (χ1n) is 9.75.